The maximum atomic E-state index is 10.3. The predicted octanol–water partition coefficient (Wildman–Crippen LogP) is 1.62. The van der Waals surface area contributed by atoms with E-state index in [0.29, 0.717) is 18.3 Å². The van der Waals surface area contributed by atoms with E-state index in [4.69, 9.17) is 0 Å². The van der Waals surface area contributed by atoms with Crippen LogP contribution in [0.1, 0.15) is 33.6 Å². The van der Waals surface area contributed by atoms with Crippen molar-refractivity contribution in [2.24, 2.45) is 17.3 Å². The lowest BCUT2D eigenvalue weighted by molar-refractivity contribution is -0.120. The topological polar surface area (TPSA) is 37.3 Å². The van der Waals surface area contributed by atoms with E-state index < -0.39 is 0 Å². The molecule has 2 heteroatoms. The van der Waals surface area contributed by atoms with Gasteiger partial charge in [-0.3, -0.25) is 0 Å². The summed E-state index contributed by atoms with van der Waals surface area (Å²) in [5, 5.41) is 9.41. The van der Waals surface area contributed by atoms with Gasteiger partial charge in [0.05, 0.1) is 6.10 Å². The van der Waals surface area contributed by atoms with Crippen molar-refractivity contribution in [3.8, 4) is 0 Å². The lowest BCUT2D eigenvalue weighted by atomic mass is 9.52. The lowest BCUT2D eigenvalue weighted by Gasteiger charge is -2.53. The first kappa shape index (κ1) is 9.72. The molecule has 0 aromatic carbocycles. The van der Waals surface area contributed by atoms with Gasteiger partial charge >= 0.3 is 0 Å². The Morgan fingerprint density at radius 2 is 2.25 bits per heavy atom. The number of aliphatic hydroxyl groups is 1. The van der Waals surface area contributed by atoms with E-state index in [1.54, 1.807) is 0 Å². The standard InChI is InChI=1S/C10H18O2/c1-7(12)9-6-8(4-5-11)10(9,2)3/h5,7-9,12H,4,6H2,1-3H3/t7?,8-,9-/m0/s1. The van der Waals surface area contributed by atoms with E-state index >= 15 is 0 Å². The largest absolute Gasteiger partial charge is 0.393 e. The molecule has 1 unspecified atom stereocenters. The van der Waals surface area contributed by atoms with Crippen molar-refractivity contribution < 1.29 is 9.90 Å². The molecule has 12 heavy (non-hydrogen) atoms. The van der Waals surface area contributed by atoms with Gasteiger partial charge in [0, 0.05) is 6.42 Å². The maximum Gasteiger partial charge on any atom is 0.120 e. The molecule has 0 saturated heterocycles. The Hall–Kier alpha value is -0.370. The molecule has 3 atom stereocenters. The molecule has 0 spiro atoms. The van der Waals surface area contributed by atoms with Crippen LogP contribution in [0.15, 0.2) is 0 Å². The van der Waals surface area contributed by atoms with Gasteiger partial charge in [-0.05, 0) is 30.6 Å². The number of hydrogen-bond donors (Lipinski definition) is 1. The highest BCUT2D eigenvalue weighted by Gasteiger charge is 2.49. The van der Waals surface area contributed by atoms with Gasteiger partial charge in [0.2, 0.25) is 0 Å². The van der Waals surface area contributed by atoms with Crippen LogP contribution in [0.25, 0.3) is 0 Å². The molecule has 1 aliphatic rings. The Labute approximate surface area is 74.0 Å². The van der Waals surface area contributed by atoms with E-state index in [2.05, 4.69) is 13.8 Å². The second-order valence-corrected chi connectivity index (χ2v) is 4.50. The summed E-state index contributed by atoms with van der Waals surface area (Å²) in [6.45, 7) is 6.12. The minimum Gasteiger partial charge on any atom is -0.393 e. The summed E-state index contributed by atoms with van der Waals surface area (Å²) < 4.78 is 0. The van der Waals surface area contributed by atoms with Crippen LogP contribution < -0.4 is 0 Å². The van der Waals surface area contributed by atoms with Crippen LogP contribution in [0.3, 0.4) is 0 Å². The van der Waals surface area contributed by atoms with Crippen molar-refractivity contribution >= 4 is 6.29 Å². The van der Waals surface area contributed by atoms with Crippen molar-refractivity contribution in [3.63, 3.8) is 0 Å². The van der Waals surface area contributed by atoms with Crippen molar-refractivity contribution in [1.82, 2.24) is 0 Å². The first-order chi connectivity index (χ1) is 5.50. The molecule has 0 amide bonds. The molecular weight excluding hydrogens is 152 g/mol. The monoisotopic (exact) mass is 170 g/mol. The summed E-state index contributed by atoms with van der Waals surface area (Å²) >= 11 is 0. The maximum absolute atomic E-state index is 10.3. The number of rotatable bonds is 3. The molecule has 0 heterocycles. The van der Waals surface area contributed by atoms with Gasteiger partial charge in [-0.2, -0.15) is 0 Å². The van der Waals surface area contributed by atoms with E-state index in [0.717, 1.165) is 12.7 Å². The van der Waals surface area contributed by atoms with Crippen molar-refractivity contribution in [3.05, 3.63) is 0 Å². The fourth-order valence-corrected chi connectivity index (χ4v) is 2.39. The molecule has 0 bridgehead atoms. The average Bonchev–Trinajstić information content (AvgIpc) is 1.96. The molecule has 0 radical (unpaired) electrons. The van der Waals surface area contributed by atoms with Crippen molar-refractivity contribution in [2.75, 3.05) is 0 Å². The predicted molar refractivity (Wildman–Crippen MR) is 47.7 cm³/mol. The van der Waals surface area contributed by atoms with Crippen LogP contribution in [-0.4, -0.2) is 17.5 Å². The van der Waals surface area contributed by atoms with Crippen LogP contribution in [0.5, 0.6) is 0 Å². The quantitative estimate of drug-likeness (QED) is 0.653. The molecule has 0 aromatic rings. The fourth-order valence-electron chi connectivity index (χ4n) is 2.39. The van der Waals surface area contributed by atoms with Gasteiger partial charge < -0.3 is 9.90 Å². The van der Waals surface area contributed by atoms with Gasteiger partial charge in [-0.1, -0.05) is 13.8 Å². The van der Waals surface area contributed by atoms with Gasteiger partial charge in [0.15, 0.2) is 0 Å². The Morgan fingerprint density at radius 3 is 2.58 bits per heavy atom. The zero-order chi connectivity index (χ0) is 9.35. The normalized spacial score (nSPS) is 35.3. The van der Waals surface area contributed by atoms with E-state index in [1.165, 1.54) is 0 Å². The highest BCUT2D eigenvalue weighted by molar-refractivity contribution is 5.50. The number of hydrogen-bond acceptors (Lipinski definition) is 2. The molecule has 1 saturated carbocycles. The van der Waals surface area contributed by atoms with Crippen molar-refractivity contribution in [1.29, 1.82) is 0 Å². The molecular formula is C10H18O2. The summed E-state index contributed by atoms with van der Waals surface area (Å²) in [5.74, 6) is 0.858. The lowest BCUT2D eigenvalue weighted by Crippen LogP contribution is -2.49. The molecule has 70 valence electrons. The SMILES string of the molecule is CC(O)[C@@H]1C[C@H](CC=O)C1(C)C. The molecule has 1 fully saturated rings. The molecule has 0 aliphatic heterocycles. The Morgan fingerprint density at radius 1 is 1.67 bits per heavy atom. The second-order valence-electron chi connectivity index (χ2n) is 4.50. The van der Waals surface area contributed by atoms with Gasteiger partial charge in [-0.25, -0.2) is 0 Å². The number of carbonyl (C=O) groups excluding carboxylic acids is 1. The summed E-state index contributed by atoms with van der Waals surface area (Å²) in [6, 6.07) is 0. The fraction of sp³-hybridized carbons (Fsp3) is 0.900. The van der Waals surface area contributed by atoms with E-state index in [-0.39, 0.29) is 11.5 Å². The molecule has 1 aliphatic carbocycles. The Bertz CT molecular complexity index is 173. The third kappa shape index (κ3) is 1.40. The number of aldehydes is 1. The third-order valence-corrected chi connectivity index (χ3v) is 3.51. The first-order valence-electron chi connectivity index (χ1n) is 4.61. The molecule has 1 rings (SSSR count). The molecule has 0 aromatic heterocycles. The van der Waals surface area contributed by atoms with Crippen LogP contribution in [0.4, 0.5) is 0 Å². The molecule has 1 N–H and O–H groups in total. The Kier molecular flexibility index (Phi) is 2.57. The summed E-state index contributed by atoms with van der Waals surface area (Å²) in [6.07, 6.45) is 2.41. The van der Waals surface area contributed by atoms with Crippen LogP contribution >= 0.6 is 0 Å². The van der Waals surface area contributed by atoms with Crippen LogP contribution in [0.2, 0.25) is 0 Å². The van der Waals surface area contributed by atoms with Crippen LogP contribution in [0, 0.1) is 17.3 Å². The van der Waals surface area contributed by atoms with E-state index in [9.17, 15) is 9.90 Å². The average molecular weight is 170 g/mol. The van der Waals surface area contributed by atoms with Gasteiger partial charge in [0.1, 0.15) is 6.29 Å². The third-order valence-electron chi connectivity index (χ3n) is 3.51. The smallest absolute Gasteiger partial charge is 0.120 e. The minimum atomic E-state index is -0.233. The van der Waals surface area contributed by atoms with Crippen LogP contribution in [-0.2, 0) is 4.79 Å². The number of aliphatic hydroxyl groups excluding tert-OH is 1. The zero-order valence-corrected chi connectivity index (χ0v) is 8.08. The summed E-state index contributed by atoms with van der Waals surface area (Å²) in [7, 11) is 0. The summed E-state index contributed by atoms with van der Waals surface area (Å²) in [4.78, 5) is 10.3. The minimum absolute atomic E-state index is 0.148. The second kappa shape index (κ2) is 3.17. The van der Waals surface area contributed by atoms with Gasteiger partial charge in [-0.15, -0.1) is 0 Å². The van der Waals surface area contributed by atoms with Crippen molar-refractivity contribution in [2.45, 2.75) is 39.7 Å². The number of carbonyl (C=O) groups is 1. The van der Waals surface area contributed by atoms with Gasteiger partial charge in [0.25, 0.3) is 0 Å². The zero-order valence-electron chi connectivity index (χ0n) is 8.08. The van der Waals surface area contributed by atoms with E-state index in [1.807, 2.05) is 6.92 Å². The molecule has 2 nitrogen and oxygen atoms in total. The highest BCUT2D eigenvalue weighted by Crippen LogP contribution is 2.53. The highest BCUT2D eigenvalue weighted by atomic mass is 16.3. The summed E-state index contributed by atoms with van der Waals surface area (Å²) in [5.41, 5.74) is 0.148. The Balaban J connectivity index is 2.53. The first-order valence-corrected chi connectivity index (χ1v) is 4.61.